The zero-order valence-electron chi connectivity index (χ0n) is 8.92. The van der Waals surface area contributed by atoms with Gasteiger partial charge in [0.1, 0.15) is 0 Å². The largest absolute Gasteiger partial charge is 0.325 e. The summed E-state index contributed by atoms with van der Waals surface area (Å²) in [5, 5.41) is 3.33. The van der Waals surface area contributed by atoms with Crippen LogP contribution >= 0.6 is 0 Å². The Labute approximate surface area is 92.3 Å². The van der Waals surface area contributed by atoms with Gasteiger partial charge in [-0.2, -0.15) is 0 Å². The Morgan fingerprint density at radius 1 is 1.19 bits per heavy atom. The van der Waals surface area contributed by atoms with E-state index in [9.17, 15) is 4.79 Å². The highest BCUT2D eigenvalue weighted by atomic mass is 16.1. The Hall–Kier alpha value is -1.62. The number of H-pyrrole nitrogens is 2. The van der Waals surface area contributed by atoms with E-state index in [4.69, 9.17) is 0 Å². The molecule has 3 rings (SSSR count). The van der Waals surface area contributed by atoms with Crippen LogP contribution < -0.4 is 11.0 Å². The van der Waals surface area contributed by atoms with Crippen LogP contribution in [-0.2, 0) is 0 Å². The lowest BCUT2D eigenvalue weighted by Crippen LogP contribution is -2.27. The standard InChI is InChI=1S/C11H14N4O/c16-11-14-9-2-1-8(13-10(9)15-11)7-3-5-12-6-4-7/h1-2,7,12H,3-6H2,(H2,13,14,15,16). The van der Waals surface area contributed by atoms with Crippen LogP contribution in [0.5, 0.6) is 0 Å². The summed E-state index contributed by atoms with van der Waals surface area (Å²) in [5.74, 6) is 0.518. The van der Waals surface area contributed by atoms with Crippen LogP contribution in [0.3, 0.4) is 0 Å². The summed E-state index contributed by atoms with van der Waals surface area (Å²) in [4.78, 5) is 21.0. The summed E-state index contributed by atoms with van der Waals surface area (Å²) in [5.41, 5.74) is 2.35. The molecule has 3 heterocycles. The molecule has 2 aromatic rings. The van der Waals surface area contributed by atoms with Crippen LogP contribution in [0, 0.1) is 0 Å². The molecule has 0 aromatic carbocycles. The first kappa shape index (κ1) is 9.59. The van der Waals surface area contributed by atoms with Crippen molar-refractivity contribution < 1.29 is 0 Å². The molecule has 5 heteroatoms. The molecular weight excluding hydrogens is 204 g/mol. The minimum absolute atomic E-state index is 0.190. The Morgan fingerprint density at radius 2 is 2.00 bits per heavy atom. The first-order valence-corrected chi connectivity index (χ1v) is 5.62. The molecule has 0 saturated carbocycles. The third kappa shape index (κ3) is 1.63. The predicted molar refractivity (Wildman–Crippen MR) is 61.6 cm³/mol. The highest BCUT2D eigenvalue weighted by Crippen LogP contribution is 2.24. The van der Waals surface area contributed by atoms with Gasteiger partial charge in [-0.25, -0.2) is 9.78 Å². The molecule has 1 fully saturated rings. The van der Waals surface area contributed by atoms with Crippen molar-refractivity contribution in [1.29, 1.82) is 0 Å². The normalized spacial score (nSPS) is 18.0. The Balaban J connectivity index is 2.00. The average Bonchev–Trinajstić information content (AvgIpc) is 2.69. The minimum Gasteiger partial charge on any atom is -0.317 e. The highest BCUT2D eigenvalue weighted by Gasteiger charge is 2.16. The fraction of sp³-hybridized carbons (Fsp3) is 0.455. The molecule has 1 saturated heterocycles. The Kier molecular flexibility index (Phi) is 2.25. The van der Waals surface area contributed by atoms with Crippen molar-refractivity contribution in [3.05, 3.63) is 28.3 Å². The van der Waals surface area contributed by atoms with Gasteiger partial charge in [0, 0.05) is 11.6 Å². The van der Waals surface area contributed by atoms with Gasteiger partial charge in [0.25, 0.3) is 0 Å². The quantitative estimate of drug-likeness (QED) is 0.660. The molecule has 1 aliphatic heterocycles. The van der Waals surface area contributed by atoms with E-state index < -0.39 is 0 Å². The van der Waals surface area contributed by atoms with Gasteiger partial charge in [0.15, 0.2) is 5.65 Å². The van der Waals surface area contributed by atoms with Crippen LogP contribution in [0.15, 0.2) is 16.9 Å². The number of imidazole rings is 1. The first-order chi connectivity index (χ1) is 7.83. The molecule has 0 atom stereocenters. The molecule has 3 N–H and O–H groups in total. The summed E-state index contributed by atoms with van der Waals surface area (Å²) in [7, 11) is 0. The van der Waals surface area contributed by atoms with E-state index in [1.165, 1.54) is 0 Å². The molecule has 1 aliphatic rings. The van der Waals surface area contributed by atoms with E-state index in [0.717, 1.165) is 37.1 Å². The third-order valence-corrected chi connectivity index (χ3v) is 3.15. The molecule has 0 bridgehead atoms. The number of nitrogens with one attached hydrogen (secondary N) is 3. The lowest BCUT2D eigenvalue weighted by molar-refractivity contribution is 0.454. The minimum atomic E-state index is -0.190. The van der Waals surface area contributed by atoms with Crippen molar-refractivity contribution in [2.75, 3.05) is 13.1 Å². The average molecular weight is 218 g/mol. The number of fused-ring (bicyclic) bond motifs is 1. The number of hydrogen-bond acceptors (Lipinski definition) is 3. The molecule has 0 spiro atoms. The van der Waals surface area contributed by atoms with E-state index in [1.807, 2.05) is 12.1 Å². The van der Waals surface area contributed by atoms with Gasteiger partial charge in [-0.1, -0.05) is 0 Å². The molecule has 5 nitrogen and oxygen atoms in total. The topological polar surface area (TPSA) is 73.6 Å². The number of piperidine rings is 1. The van der Waals surface area contributed by atoms with E-state index in [-0.39, 0.29) is 5.69 Å². The number of hydrogen-bond donors (Lipinski definition) is 3. The summed E-state index contributed by atoms with van der Waals surface area (Å²) in [6.45, 7) is 2.10. The fourth-order valence-corrected chi connectivity index (χ4v) is 2.28. The lowest BCUT2D eigenvalue weighted by atomic mass is 9.94. The van der Waals surface area contributed by atoms with Gasteiger partial charge in [0.05, 0.1) is 5.52 Å². The van der Waals surface area contributed by atoms with Gasteiger partial charge in [-0.15, -0.1) is 0 Å². The SMILES string of the molecule is O=c1[nH]c2ccc(C3CCNCC3)nc2[nH]1. The maximum absolute atomic E-state index is 11.1. The van der Waals surface area contributed by atoms with E-state index in [1.54, 1.807) is 0 Å². The van der Waals surface area contributed by atoms with Crippen molar-refractivity contribution in [3.63, 3.8) is 0 Å². The van der Waals surface area contributed by atoms with Crippen molar-refractivity contribution in [2.45, 2.75) is 18.8 Å². The Bertz CT molecular complexity index is 550. The van der Waals surface area contributed by atoms with Gasteiger partial charge < -0.3 is 10.3 Å². The first-order valence-electron chi connectivity index (χ1n) is 5.62. The summed E-state index contributed by atoms with van der Waals surface area (Å²) in [6.07, 6.45) is 2.24. The number of rotatable bonds is 1. The second kappa shape index (κ2) is 3.75. The van der Waals surface area contributed by atoms with Crippen LogP contribution in [0.25, 0.3) is 11.2 Å². The summed E-state index contributed by atoms with van der Waals surface area (Å²) >= 11 is 0. The number of aromatic amines is 2. The Morgan fingerprint density at radius 3 is 2.81 bits per heavy atom. The van der Waals surface area contributed by atoms with Gasteiger partial charge in [-0.05, 0) is 38.1 Å². The van der Waals surface area contributed by atoms with E-state index >= 15 is 0 Å². The van der Waals surface area contributed by atoms with Crippen LogP contribution in [0.2, 0.25) is 0 Å². The van der Waals surface area contributed by atoms with Gasteiger partial charge >= 0.3 is 5.69 Å². The molecular formula is C11H14N4O. The second-order valence-electron chi connectivity index (χ2n) is 4.24. The molecule has 0 aliphatic carbocycles. The predicted octanol–water partition coefficient (Wildman–Crippen LogP) is 0.718. The molecule has 16 heavy (non-hydrogen) atoms. The summed E-state index contributed by atoms with van der Waals surface area (Å²) < 4.78 is 0. The third-order valence-electron chi connectivity index (χ3n) is 3.15. The zero-order chi connectivity index (χ0) is 11.0. The molecule has 84 valence electrons. The second-order valence-corrected chi connectivity index (χ2v) is 4.24. The van der Waals surface area contributed by atoms with Crippen LogP contribution in [0.1, 0.15) is 24.5 Å². The summed E-state index contributed by atoms with van der Waals surface area (Å²) in [6, 6.07) is 3.94. The molecule has 0 radical (unpaired) electrons. The fourth-order valence-electron chi connectivity index (χ4n) is 2.28. The van der Waals surface area contributed by atoms with Gasteiger partial charge in [0.2, 0.25) is 0 Å². The van der Waals surface area contributed by atoms with Crippen molar-refractivity contribution in [3.8, 4) is 0 Å². The van der Waals surface area contributed by atoms with Crippen molar-refractivity contribution in [2.24, 2.45) is 0 Å². The number of aromatic nitrogens is 3. The van der Waals surface area contributed by atoms with Crippen molar-refractivity contribution in [1.82, 2.24) is 20.3 Å². The van der Waals surface area contributed by atoms with Crippen LogP contribution in [0.4, 0.5) is 0 Å². The molecule has 0 amide bonds. The van der Waals surface area contributed by atoms with E-state index in [0.29, 0.717) is 11.6 Å². The number of pyridine rings is 1. The maximum atomic E-state index is 11.1. The highest BCUT2D eigenvalue weighted by molar-refractivity contribution is 5.69. The zero-order valence-corrected chi connectivity index (χ0v) is 8.92. The van der Waals surface area contributed by atoms with E-state index in [2.05, 4.69) is 20.3 Å². The lowest BCUT2D eigenvalue weighted by Gasteiger charge is -2.21. The number of nitrogens with zero attached hydrogens (tertiary/aromatic N) is 1. The molecule has 0 unspecified atom stereocenters. The van der Waals surface area contributed by atoms with Gasteiger partial charge in [-0.3, -0.25) is 4.98 Å². The smallest absolute Gasteiger partial charge is 0.317 e. The monoisotopic (exact) mass is 218 g/mol. The van der Waals surface area contributed by atoms with Crippen molar-refractivity contribution >= 4 is 11.2 Å². The molecule has 2 aromatic heterocycles. The van der Waals surface area contributed by atoms with Crippen LogP contribution in [-0.4, -0.2) is 28.0 Å². The maximum Gasteiger partial charge on any atom is 0.325 e.